The maximum atomic E-state index is 12.7. The summed E-state index contributed by atoms with van der Waals surface area (Å²) in [5.41, 5.74) is 2.26. The van der Waals surface area contributed by atoms with Gasteiger partial charge in [-0.15, -0.1) is 0 Å². The first-order valence-corrected chi connectivity index (χ1v) is 13.8. The number of halogens is 3. The highest BCUT2D eigenvalue weighted by Gasteiger charge is 2.38. The summed E-state index contributed by atoms with van der Waals surface area (Å²) < 4.78 is 31.7. The Balaban J connectivity index is 0.000000431. The maximum Gasteiger partial charge on any atom is 0.490 e. The van der Waals surface area contributed by atoms with Crippen molar-refractivity contribution in [3.63, 3.8) is 0 Å². The highest BCUT2D eigenvalue weighted by molar-refractivity contribution is 5.83. The summed E-state index contributed by atoms with van der Waals surface area (Å²) >= 11 is 0. The number of nitrogens with zero attached hydrogens (tertiary/aromatic N) is 4. The third kappa shape index (κ3) is 7.01. The SMILES string of the molecule is O=C(C1CCC(Nc2nccc(-c3ccc4nc(C5CC5)[nH]c(=O)c4c3)n2)CC1)N1CCCC1.O=C(O)C(F)(F)F. The summed E-state index contributed by atoms with van der Waals surface area (Å²) in [5, 5.41) is 11.2. The largest absolute Gasteiger partial charge is 0.490 e. The lowest BCUT2D eigenvalue weighted by Crippen LogP contribution is -2.37. The average molecular weight is 573 g/mol. The molecule has 3 heterocycles. The number of alkyl halides is 3. The maximum absolute atomic E-state index is 12.7. The summed E-state index contributed by atoms with van der Waals surface area (Å²) in [6.45, 7) is 1.85. The molecule has 2 aromatic heterocycles. The molecule has 3 aliphatic rings. The third-order valence-electron chi connectivity index (χ3n) is 7.71. The second-order valence-electron chi connectivity index (χ2n) is 10.8. The minimum atomic E-state index is -5.08. The molecule has 0 bridgehead atoms. The molecule has 2 aliphatic carbocycles. The number of aliphatic carboxylic acids is 1. The van der Waals surface area contributed by atoms with Gasteiger partial charge in [0.25, 0.3) is 5.56 Å². The predicted octanol–water partition coefficient (Wildman–Crippen LogP) is 4.48. The fraction of sp³-hybridized carbons (Fsp3) is 0.500. The Morgan fingerprint density at radius 2 is 1.68 bits per heavy atom. The van der Waals surface area contributed by atoms with E-state index < -0.39 is 12.1 Å². The summed E-state index contributed by atoms with van der Waals surface area (Å²) in [4.78, 5) is 53.0. The molecular weight excluding hydrogens is 541 g/mol. The van der Waals surface area contributed by atoms with E-state index >= 15 is 0 Å². The van der Waals surface area contributed by atoms with E-state index in [0.717, 1.165) is 87.1 Å². The van der Waals surface area contributed by atoms with Gasteiger partial charge < -0.3 is 20.3 Å². The number of anilines is 1. The number of amides is 1. The summed E-state index contributed by atoms with van der Waals surface area (Å²) in [6.07, 6.45) is 4.84. The van der Waals surface area contributed by atoms with Gasteiger partial charge in [0.1, 0.15) is 5.82 Å². The standard InChI is InChI=1S/C26H30N6O2.C2HF3O2/c33-24-20-15-18(7-10-22(20)29-23(31-24)16-3-4-16)21-11-12-27-26(30-21)28-19-8-5-17(6-9-19)25(34)32-13-1-2-14-32;3-2(4,5)1(6)7/h7,10-12,15-17,19H,1-6,8-9,13-14H2,(H,27,28,30)(H,29,31,33);(H,6,7). The van der Waals surface area contributed by atoms with Gasteiger partial charge in [0, 0.05) is 42.7 Å². The number of carboxylic acid groups (broad SMARTS) is 1. The van der Waals surface area contributed by atoms with Crippen LogP contribution in [0.2, 0.25) is 0 Å². The molecule has 3 fully saturated rings. The minimum Gasteiger partial charge on any atom is -0.475 e. The number of benzene rings is 1. The van der Waals surface area contributed by atoms with Gasteiger partial charge >= 0.3 is 12.1 Å². The Kier molecular flexibility index (Phi) is 8.22. The Bertz CT molecular complexity index is 1480. The normalized spacial score (nSPS) is 20.8. The molecule has 1 aromatic carbocycles. The van der Waals surface area contributed by atoms with Crippen LogP contribution in [0, 0.1) is 5.92 Å². The molecule has 3 aromatic rings. The topological polar surface area (TPSA) is 141 Å². The van der Waals surface area contributed by atoms with Crippen molar-refractivity contribution in [2.75, 3.05) is 18.4 Å². The average Bonchev–Trinajstić information content (AvgIpc) is 3.66. The molecule has 0 unspecified atom stereocenters. The number of fused-ring (bicyclic) bond motifs is 1. The van der Waals surface area contributed by atoms with Gasteiger partial charge in [-0.05, 0) is 69.6 Å². The van der Waals surface area contributed by atoms with Crippen molar-refractivity contribution in [2.24, 2.45) is 5.92 Å². The number of hydrogen-bond donors (Lipinski definition) is 3. The number of H-pyrrole nitrogens is 1. The fourth-order valence-corrected chi connectivity index (χ4v) is 5.32. The predicted molar refractivity (Wildman–Crippen MR) is 144 cm³/mol. The number of carbonyl (C=O) groups is 2. The van der Waals surface area contributed by atoms with E-state index in [-0.39, 0.29) is 17.5 Å². The zero-order chi connectivity index (χ0) is 29.1. The molecule has 1 saturated heterocycles. The molecule has 2 saturated carbocycles. The van der Waals surface area contributed by atoms with Crippen LogP contribution >= 0.6 is 0 Å². The molecule has 10 nitrogen and oxygen atoms in total. The fourth-order valence-electron chi connectivity index (χ4n) is 5.32. The monoisotopic (exact) mass is 572 g/mol. The van der Waals surface area contributed by atoms with Crippen molar-refractivity contribution in [3.8, 4) is 11.3 Å². The van der Waals surface area contributed by atoms with Crippen molar-refractivity contribution in [2.45, 2.75) is 69.5 Å². The molecule has 0 atom stereocenters. The number of likely N-dealkylation sites (tertiary alicyclic amines) is 1. The van der Waals surface area contributed by atoms with Crippen LogP contribution in [0.4, 0.5) is 19.1 Å². The first-order chi connectivity index (χ1) is 19.6. The van der Waals surface area contributed by atoms with Crippen LogP contribution in [0.3, 0.4) is 0 Å². The molecule has 1 aliphatic heterocycles. The van der Waals surface area contributed by atoms with E-state index in [0.29, 0.717) is 23.2 Å². The Morgan fingerprint density at radius 3 is 2.32 bits per heavy atom. The van der Waals surface area contributed by atoms with Crippen LogP contribution in [0.15, 0.2) is 35.3 Å². The van der Waals surface area contributed by atoms with Crippen LogP contribution in [-0.4, -0.2) is 67.1 Å². The zero-order valence-corrected chi connectivity index (χ0v) is 22.3. The molecule has 41 heavy (non-hydrogen) atoms. The molecule has 0 spiro atoms. The number of carboxylic acids is 1. The first kappa shape index (κ1) is 28.5. The number of carbonyl (C=O) groups excluding carboxylic acids is 1. The van der Waals surface area contributed by atoms with Crippen LogP contribution in [0.5, 0.6) is 0 Å². The zero-order valence-electron chi connectivity index (χ0n) is 22.3. The van der Waals surface area contributed by atoms with Crippen LogP contribution in [0.1, 0.15) is 63.1 Å². The van der Waals surface area contributed by atoms with E-state index in [4.69, 9.17) is 14.9 Å². The van der Waals surface area contributed by atoms with E-state index in [1.807, 2.05) is 29.2 Å². The molecule has 0 radical (unpaired) electrons. The minimum absolute atomic E-state index is 0.0959. The van der Waals surface area contributed by atoms with Crippen molar-refractivity contribution < 1.29 is 27.9 Å². The second-order valence-corrected chi connectivity index (χ2v) is 10.8. The summed E-state index contributed by atoms with van der Waals surface area (Å²) in [5.74, 6) is -0.459. The molecule has 13 heteroatoms. The Hall–Kier alpha value is -4.03. The van der Waals surface area contributed by atoms with Gasteiger partial charge in [-0.1, -0.05) is 6.07 Å². The molecule has 6 rings (SSSR count). The Morgan fingerprint density at radius 1 is 1.00 bits per heavy atom. The van der Waals surface area contributed by atoms with E-state index in [9.17, 15) is 22.8 Å². The number of rotatable bonds is 5. The summed E-state index contributed by atoms with van der Waals surface area (Å²) in [7, 11) is 0. The van der Waals surface area contributed by atoms with Gasteiger partial charge in [0.2, 0.25) is 11.9 Å². The lowest BCUT2D eigenvalue weighted by atomic mass is 9.85. The first-order valence-electron chi connectivity index (χ1n) is 13.8. The number of aromatic amines is 1. The lowest BCUT2D eigenvalue weighted by molar-refractivity contribution is -0.192. The number of hydrogen-bond acceptors (Lipinski definition) is 7. The molecule has 218 valence electrons. The quantitative estimate of drug-likeness (QED) is 0.406. The lowest BCUT2D eigenvalue weighted by Gasteiger charge is -2.30. The molecule has 3 N–H and O–H groups in total. The highest BCUT2D eigenvalue weighted by Crippen LogP contribution is 2.38. The molecular formula is C28H31F3N6O4. The van der Waals surface area contributed by atoms with Gasteiger partial charge in [-0.2, -0.15) is 13.2 Å². The van der Waals surface area contributed by atoms with Gasteiger partial charge in [0.15, 0.2) is 0 Å². The van der Waals surface area contributed by atoms with Gasteiger partial charge in [-0.3, -0.25) is 9.59 Å². The van der Waals surface area contributed by atoms with E-state index in [2.05, 4.69) is 20.3 Å². The van der Waals surface area contributed by atoms with Crippen LogP contribution < -0.4 is 10.9 Å². The number of nitrogens with one attached hydrogen (secondary N) is 2. The molecule has 1 amide bonds. The van der Waals surface area contributed by atoms with Gasteiger partial charge in [0.05, 0.1) is 16.6 Å². The van der Waals surface area contributed by atoms with E-state index in [1.54, 1.807) is 6.20 Å². The van der Waals surface area contributed by atoms with Crippen LogP contribution in [-0.2, 0) is 9.59 Å². The second kappa shape index (κ2) is 11.8. The van der Waals surface area contributed by atoms with Gasteiger partial charge in [-0.25, -0.2) is 19.7 Å². The smallest absolute Gasteiger partial charge is 0.475 e. The van der Waals surface area contributed by atoms with Crippen molar-refractivity contribution in [3.05, 3.63) is 46.6 Å². The van der Waals surface area contributed by atoms with Crippen molar-refractivity contribution in [1.29, 1.82) is 0 Å². The van der Waals surface area contributed by atoms with Crippen molar-refractivity contribution >= 4 is 28.7 Å². The summed E-state index contributed by atoms with van der Waals surface area (Å²) in [6, 6.07) is 7.85. The van der Waals surface area contributed by atoms with Crippen molar-refractivity contribution in [1.82, 2.24) is 24.8 Å². The van der Waals surface area contributed by atoms with Crippen LogP contribution in [0.25, 0.3) is 22.2 Å². The number of aromatic nitrogens is 4. The Labute approximate surface area is 233 Å². The van der Waals surface area contributed by atoms with E-state index in [1.165, 1.54) is 0 Å². The third-order valence-corrected chi connectivity index (χ3v) is 7.71. The highest BCUT2D eigenvalue weighted by atomic mass is 19.4.